The Bertz CT molecular complexity index is 1070. The molecule has 1 aliphatic heterocycles. The molecule has 5 heteroatoms. The molecule has 0 radical (unpaired) electrons. The Morgan fingerprint density at radius 1 is 0.966 bits per heavy atom. The number of carbonyl (C=O) groups excluding carboxylic acids is 1. The van der Waals surface area contributed by atoms with Gasteiger partial charge in [-0.3, -0.25) is 4.79 Å². The van der Waals surface area contributed by atoms with Gasteiger partial charge in [-0.2, -0.15) is 0 Å². The summed E-state index contributed by atoms with van der Waals surface area (Å²) in [6, 6.07) is 23.5. The van der Waals surface area contributed by atoms with Gasteiger partial charge in [0.2, 0.25) is 0 Å². The van der Waals surface area contributed by atoms with Crippen LogP contribution in [0, 0.1) is 0 Å². The van der Waals surface area contributed by atoms with Crippen LogP contribution in [-0.4, -0.2) is 16.9 Å². The number of carboxylic acids is 1. The quantitative estimate of drug-likeness (QED) is 0.638. The zero-order chi connectivity index (χ0) is 20.2. The van der Waals surface area contributed by atoms with Gasteiger partial charge in [-0.15, -0.1) is 0 Å². The molecule has 29 heavy (non-hydrogen) atoms. The van der Waals surface area contributed by atoms with E-state index in [2.05, 4.69) is 5.32 Å². The van der Waals surface area contributed by atoms with Gasteiger partial charge in [0, 0.05) is 12.7 Å². The molecule has 0 aromatic heterocycles. The predicted molar refractivity (Wildman–Crippen MR) is 109 cm³/mol. The molecule has 0 saturated heterocycles. The number of hydrogen-bond donors (Lipinski definition) is 2. The number of ketones is 1. The molecule has 0 fully saturated rings. The molecule has 0 amide bonds. The minimum atomic E-state index is -0.957. The zero-order valence-electron chi connectivity index (χ0n) is 15.5. The Labute approximate surface area is 168 Å². The molecule has 1 heterocycles. The maximum atomic E-state index is 13.1. The van der Waals surface area contributed by atoms with Crippen molar-refractivity contribution in [1.29, 1.82) is 0 Å². The lowest BCUT2D eigenvalue weighted by atomic mass is 9.91. The maximum absolute atomic E-state index is 13.1. The van der Waals surface area contributed by atoms with E-state index in [-0.39, 0.29) is 11.3 Å². The molecule has 3 aromatic rings. The summed E-state index contributed by atoms with van der Waals surface area (Å²) < 4.78 is 6.15. The number of rotatable bonds is 5. The van der Waals surface area contributed by atoms with E-state index in [0.29, 0.717) is 23.4 Å². The Hall–Kier alpha value is -3.86. The predicted octanol–water partition coefficient (Wildman–Crippen LogP) is 4.37. The average molecular weight is 385 g/mol. The molecular formula is C24H19NO4. The zero-order valence-corrected chi connectivity index (χ0v) is 15.5. The molecule has 0 aliphatic carbocycles. The molecule has 0 saturated carbocycles. The highest BCUT2D eigenvalue weighted by atomic mass is 16.5. The number of benzene rings is 3. The number of aromatic carboxylic acids is 1. The third kappa shape index (κ3) is 3.89. The summed E-state index contributed by atoms with van der Waals surface area (Å²) >= 11 is 0. The molecule has 3 aromatic carbocycles. The van der Waals surface area contributed by atoms with Crippen molar-refractivity contribution in [2.45, 2.75) is 12.6 Å². The van der Waals surface area contributed by atoms with Gasteiger partial charge in [-0.1, -0.05) is 54.6 Å². The largest absolute Gasteiger partial charge is 0.480 e. The fraction of sp³-hybridized carbons (Fsp3) is 0.0833. The van der Waals surface area contributed by atoms with Gasteiger partial charge in [-0.05, 0) is 35.4 Å². The Kier molecular flexibility index (Phi) is 5.12. The SMILES string of the molecule is O=C(O)c1ccc(CN/C=C2\C(=O)c3ccccc3OC2c2ccccc2)cc1. The molecule has 4 rings (SSSR count). The minimum absolute atomic E-state index is 0.0746. The third-order valence-corrected chi connectivity index (χ3v) is 4.79. The highest BCUT2D eigenvalue weighted by molar-refractivity contribution is 6.12. The normalized spacial score (nSPS) is 16.8. The first-order valence-electron chi connectivity index (χ1n) is 9.24. The molecular weight excluding hydrogens is 366 g/mol. The van der Waals surface area contributed by atoms with Crippen LogP contribution in [0.25, 0.3) is 0 Å². The Morgan fingerprint density at radius 3 is 2.38 bits per heavy atom. The first kappa shape index (κ1) is 18.5. The summed E-state index contributed by atoms with van der Waals surface area (Å²) in [4.78, 5) is 24.1. The Morgan fingerprint density at radius 2 is 1.66 bits per heavy atom. The monoisotopic (exact) mass is 385 g/mol. The summed E-state index contributed by atoms with van der Waals surface area (Å²) in [5, 5.41) is 12.2. The highest BCUT2D eigenvalue weighted by Crippen LogP contribution is 2.37. The van der Waals surface area contributed by atoms with E-state index in [0.717, 1.165) is 11.1 Å². The van der Waals surface area contributed by atoms with Crippen LogP contribution < -0.4 is 10.1 Å². The number of carbonyl (C=O) groups is 2. The molecule has 1 aliphatic rings. The van der Waals surface area contributed by atoms with E-state index in [1.165, 1.54) is 0 Å². The van der Waals surface area contributed by atoms with Crippen LogP contribution in [-0.2, 0) is 6.54 Å². The van der Waals surface area contributed by atoms with E-state index >= 15 is 0 Å². The van der Waals surface area contributed by atoms with Crippen LogP contribution in [0.1, 0.15) is 37.9 Å². The topological polar surface area (TPSA) is 75.6 Å². The molecule has 1 atom stereocenters. The second-order valence-corrected chi connectivity index (χ2v) is 6.72. The summed E-state index contributed by atoms with van der Waals surface area (Å²) in [6.07, 6.45) is 1.20. The van der Waals surface area contributed by atoms with Crippen molar-refractivity contribution >= 4 is 11.8 Å². The number of ether oxygens (including phenoxy) is 1. The van der Waals surface area contributed by atoms with Crippen LogP contribution in [0.4, 0.5) is 0 Å². The number of fused-ring (bicyclic) bond motifs is 1. The molecule has 1 unspecified atom stereocenters. The second kappa shape index (κ2) is 8.02. The molecule has 2 N–H and O–H groups in total. The smallest absolute Gasteiger partial charge is 0.335 e. The van der Waals surface area contributed by atoms with Crippen LogP contribution in [0.3, 0.4) is 0 Å². The number of nitrogens with one attached hydrogen (secondary N) is 1. The molecule has 5 nitrogen and oxygen atoms in total. The fourth-order valence-corrected chi connectivity index (χ4v) is 3.28. The fourth-order valence-electron chi connectivity index (χ4n) is 3.28. The van der Waals surface area contributed by atoms with Gasteiger partial charge in [0.15, 0.2) is 11.9 Å². The van der Waals surface area contributed by atoms with Crippen molar-refractivity contribution < 1.29 is 19.4 Å². The summed E-state index contributed by atoms with van der Waals surface area (Å²) in [6.45, 7) is 0.458. The maximum Gasteiger partial charge on any atom is 0.335 e. The summed E-state index contributed by atoms with van der Waals surface area (Å²) in [7, 11) is 0. The van der Waals surface area contributed by atoms with Gasteiger partial charge < -0.3 is 15.2 Å². The lowest BCUT2D eigenvalue weighted by Gasteiger charge is -2.28. The van der Waals surface area contributed by atoms with Gasteiger partial charge in [0.05, 0.1) is 16.7 Å². The van der Waals surface area contributed by atoms with Crippen LogP contribution in [0.15, 0.2) is 90.6 Å². The van der Waals surface area contributed by atoms with E-state index < -0.39 is 12.1 Å². The van der Waals surface area contributed by atoms with E-state index in [1.807, 2.05) is 42.5 Å². The molecule has 144 valence electrons. The standard InChI is InChI=1S/C24H19NO4/c26-22-19-8-4-5-9-21(19)29-23(17-6-2-1-3-7-17)20(22)15-25-14-16-10-12-18(13-11-16)24(27)28/h1-13,15,23,25H,14H2,(H,27,28)/b20-15+. The Balaban J connectivity index is 1.60. The van der Waals surface area contributed by atoms with Crippen LogP contribution in [0.2, 0.25) is 0 Å². The minimum Gasteiger partial charge on any atom is -0.480 e. The second-order valence-electron chi connectivity index (χ2n) is 6.72. The number of Topliss-reactive ketones (excluding diaryl/α,β-unsaturated/α-hetero) is 1. The van der Waals surface area contributed by atoms with E-state index in [4.69, 9.17) is 9.84 Å². The third-order valence-electron chi connectivity index (χ3n) is 4.79. The number of carboxylic acid groups (broad SMARTS) is 1. The number of para-hydroxylation sites is 1. The highest BCUT2D eigenvalue weighted by Gasteiger charge is 2.32. The van der Waals surface area contributed by atoms with Crippen molar-refractivity contribution in [3.8, 4) is 5.75 Å². The number of hydrogen-bond acceptors (Lipinski definition) is 4. The van der Waals surface area contributed by atoms with Crippen molar-refractivity contribution in [2.75, 3.05) is 0 Å². The summed E-state index contributed by atoms with van der Waals surface area (Å²) in [5.41, 5.74) is 3.11. The lowest BCUT2D eigenvalue weighted by molar-refractivity contribution is 0.0696. The molecule has 0 bridgehead atoms. The van der Waals surface area contributed by atoms with Gasteiger partial charge in [-0.25, -0.2) is 4.79 Å². The van der Waals surface area contributed by atoms with Gasteiger partial charge >= 0.3 is 5.97 Å². The average Bonchev–Trinajstić information content (AvgIpc) is 2.76. The van der Waals surface area contributed by atoms with Crippen LogP contribution in [0.5, 0.6) is 5.75 Å². The lowest BCUT2D eigenvalue weighted by Crippen LogP contribution is -2.25. The van der Waals surface area contributed by atoms with Crippen molar-refractivity contribution in [2.24, 2.45) is 0 Å². The van der Waals surface area contributed by atoms with Crippen molar-refractivity contribution in [3.05, 3.63) is 113 Å². The first-order valence-corrected chi connectivity index (χ1v) is 9.24. The van der Waals surface area contributed by atoms with Gasteiger partial charge in [0.25, 0.3) is 0 Å². The van der Waals surface area contributed by atoms with Gasteiger partial charge in [0.1, 0.15) is 5.75 Å². The van der Waals surface area contributed by atoms with E-state index in [1.54, 1.807) is 42.6 Å². The molecule has 0 spiro atoms. The van der Waals surface area contributed by atoms with E-state index in [9.17, 15) is 9.59 Å². The summed E-state index contributed by atoms with van der Waals surface area (Å²) in [5.74, 6) is -0.455. The van der Waals surface area contributed by atoms with Crippen LogP contribution >= 0.6 is 0 Å². The first-order chi connectivity index (χ1) is 14.1. The van der Waals surface area contributed by atoms with Crippen molar-refractivity contribution in [3.63, 3.8) is 0 Å². The van der Waals surface area contributed by atoms with Crippen molar-refractivity contribution in [1.82, 2.24) is 5.32 Å².